The lowest BCUT2D eigenvalue weighted by Crippen LogP contribution is -1.99. The number of aryl methyl sites for hydroxylation is 2. The molecule has 0 radical (unpaired) electrons. The molecule has 2 aromatic rings. The molecule has 3 heteroatoms. The molecule has 1 aromatic carbocycles. The van der Waals surface area contributed by atoms with Gasteiger partial charge in [0.1, 0.15) is 4.60 Å². The highest BCUT2D eigenvalue weighted by atomic mass is 79.9. The van der Waals surface area contributed by atoms with Crippen LogP contribution in [-0.2, 0) is 0 Å². The first-order valence-corrected chi connectivity index (χ1v) is 5.25. The third-order valence-corrected chi connectivity index (χ3v) is 2.79. The second-order valence-electron chi connectivity index (χ2n) is 3.36. The van der Waals surface area contributed by atoms with E-state index in [2.05, 4.69) is 53.1 Å². The predicted molar refractivity (Wildman–Crippen MR) is 60.7 cm³/mol. The van der Waals surface area contributed by atoms with Crippen LogP contribution in [0.15, 0.2) is 35.1 Å². The Kier molecular flexibility index (Phi) is 2.42. The zero-order chi connectivity index (χ0) is 10.1. The minimum Gasteiger partial charge on any atom is -0.226 e. The smallest absolute Gasteiger partial charge is 0.109 e. The first-order chi connectivity index (χ1) is 6.68. The van der Waals surface area contributed by atoms with Crippen LogP contribution in [0.25, 0.3) is 5.69 Å². The monoisotopic (exact) mass is 250 g/mol. The first kappa shape index (κ1) is 9.46. The summed E-state index contributed by atoms with van der Waals surface area (Å²) in [7, 11) is 0. The van der Waals surface area contributed by atoms with Crippen LogP contribution >= 0.6 is 15.9 Å². The van der Waals surface area contributed by atoms with Gasteiger partial charge in [0.15, 0.2) is 0 Å². The fourth-order valence-electron chi connectivity index (χ4n) is 1.41. The third kappa shape index (κ3) is 1.60. The van der Waals surface area contributed by atoms with Gasteiger partial charge in [0.05, 0.1) is 11.9 Å². The number of benzene rings is 1. The minimum absolute atomic E-state index is 0.978. The van der Waals surface area contributed by atoms with Crippen LogP contribution in [0.1, 0.15) is 11.1 Å². The molecule has 1 aromatic heterocycles. The molecular formula is C11H11BrN2. The molecule has 0 unspecified atom stereocenters. The molecule has 0 N–H and O–H groups in total. The first-order valence-electron chi connectivity index (χ1n) is 4.45. The van der Waals surface area contributed by atoms with Crippen LogP contribution in [0, 0.1) is 13.8 Å². The summed E-state index contributed by atoms with van der Waals surface area (Å²) in [6.45, 7) is 4.17. The summed E-state index contributed by atoms with van der Waals surface area (Å²) in [4.78, 5) is 0. The summed E-state index contributed by atoms with van der Waals surface area (Å²) in [6.07, 6.45) is 1.78. The third-order valence-electron chi connectivity index (χ3n) is 2.19. The van der Waals surface area contributed by atoms with Crippen LogP contribution in [0.3, 0.4) is 0 Å². The largest absolute Gasteiger partial charge is 0.226 e. The molecule has 0 spiro atoms. The second kappa shape index (κ2) is 3.58. The van der Waals surface area contributed by atoms with Crippen molar-refractivity contribution in [1.29, 1.82) is 0 Å². The van der Waals surface area contributed by atoms with Gasteiger partial charge in [0.2, 0.25) is 0 Å². The standard InChI is InChI=1S/C11H11BrN2/c1-8-3-4-9(2)10(7-8)14-11(12)5-6-13-14/h3-7H,1-2H3. The normalized spacial score (nSPS) is 10.5. The van der Waals surface area contributed by atoms with E-state index >= 15 is 0 Å². The Morgan fingerprint density at radius 1 is 1.21 bits per heavy atom. The highest BCUT2D eigenvalue weighted by molar-refractivity contribution is 9.10. The van der Waals surface area contributed by atoms with Crippen molar-refractivity contribution in [1.82, 2.24) is 9.78 Å². The van der Waals surface area contributed by atoms with Crippen molar-refractivity contribution in [3.05, 3.63) is 46.2 Å². The van der Waals surface area contributed by atoms with Crippen molar-refractivity contribution in [3.8, 4) is 5.69 Å². The van der Waals surface area contributed by atoms with Crippen molar-refractivity contribution in [2.24, 2.45) is 0 Å². The number of rotatable bonds is 1. The van der Waals surface area contributed by atoms with Crippen LogP contribution in [-0.4, -0.2) is 9.78 Å². The van der Waals surface area contributed by atoms with E-state index in [0.717, 1.165) is 10.3 Å². The molecule has 0 atom stereocenters. The number of aromatic nitrogens is 2. The number of hydrogen-bond acceptors (Lipinski definition) is 1. The molecule has 0 aliphatic rings. The molecule has 0 aliphatic heterocycles. The maximum absolute atomic E-state index is 4.26. The lowest BCUT2D eigenvalue weighted by Gasteiger charge is -2.07. The Morgan fingerprint density at radius 3 is 2.64 bits per heavy atom. The summed E-state index contributed by atoms with van der Waals surface area (Å²) >= 11 is 3.46. The van der Waals surface area contributed by atoms with Gasteiger partial charge >= 0.3 is 0 Å². The van der Waals surface area contributed by atoms with E-state index in [1.807, 2.05) is 10.7 Å². The summed E-state index contributed by atoms with van der Waals surface area (Å²) in [5, 5.41) is 4.26. The van der Waals surface area contributed by atoms with Crippen molar-refractivity contribution < 1.29 is 0 Å². The lowest BCUT2D eigenvalue weighted by atomic mass is 10.1. The van der Waals surface area contributed by atoms with Crippen LogP contribution < -0.4 is 0 Å². The Labute approximate surface area is 91.7 Å². The van der Waals surface area contributed by atoms with E-state index in [4.69, 9.17) is 0 Å². The zero-order valence-electron chi connectivity index (χ0n) is 8.16. The highest BCUT2D eigenvalue weighted by Crippen LogP contribution is 2.19. The molecule has 0 saturated carbocycles. The Morgan fingerprint density at radius 2 is 2.00 bits per heavy atom. The topological polar surface area (TPSA) is 17.8 Å². The van der Waals surface area contributed by atoms with E-state index in [1.165, 1.54) is 11.1 Å². The summed E-state index contributed by atoms with van der Waals surface area (Å²) < 4.78 is 2.87. The van der Waals surface area contributed by atoms with E-state index in [0.29, 0.717) is 0 Å². The van der Waals surface area contributed by atoms with Gasteiger partial charge in [-0.05, 0) is 53.0 Å². The van der Waals surface area contributed by atoms with Gasteiger partial charge in [0.25, 0.3) is 0 Å². The van der Waals surface area contributed by atoms with Gasteiger partial charge in [-0.15, -0.1) is 0 Å². The molecular weight excluding hydrogens is 240 g/mol. The van der Waals surface area contributed by atoms with Crippen molar-refractivity contribution in [3.63, 3.8) is 0 Å². The van der Waals surface area contributed by atoms with Gasteiger partial charge < -0.3 is 0 Å². The predicted octanol–water partition coefficient (Wildman–Crippen LogP) is 3.25. The van der Waals surface area contributed by atoms with Crippen LogP contribution in [0.4, 0.5) is 0 Å². The quantitative estimate of drug-likeness (QED) is 0.760. The highest BCUT2D eigenvalue weighted by Gasteiger charge is 2.04. The summed E-state index contributed by atoms with van der Waals surface area (Å²) in [6, 6.07) is 8.28. The Bertz CT molecular complexity index is 460. The van der Waals surface area contributed by atoms with Gasteiger partial charge in [-0.1, -0.05) is 12.1 Å². The van der Waals surface area contributed by atoms with Gasteiger partial charge in [-0.2, -0.15) is 5.10 Å². The SMILES string of the molecule is Cc1ccc(C)c(-n2nccc2Br)c1. The molecule has 0 saturated heterocycles. The molecule has 2 rings (SSSR count). The van der Waals surface area contributed by atoms with Crippen molar-refractivity contribution >= 4 is 15.9 Å². The van der Waals surface area contributed by atoms with Gasteiger partial charge in [0, 0.05) is 0 Å². The fourth-order valence-corrected chi connectivity index (χ4v) is 1.81. The van der Waals surface area contributed by atoms with E-state index in [9.17, 15) is 0 Å². The number of hydrogen-bond donors (Lipinski definition) is 0. The maximum atomic E-state index is 4.26. The average Bonchev–Trinajstić information content (AvgIpc) is 2.56. The molecule has 0 aliphatic carbocycles. The molecule has 2 nitrogen and oxygen atoms in total. The van der Waals surface area contributed by atoms with Crippen LogP contribution in [0.5, 0.6) is 0 Å². The molecule has 1 heterocycles. The van der Waals surface area contributed by atoms with Crippen molar-refractivity contribution in [2.75, 3.05) is 0 Å². The molecule has 72 valence electrons. The van der Waals surface area contributed by atoms with E-state index in [1.54, 1.807) is 6.20 Å². The number of halogens is 1. The minimum atomic E-state index is 0.978. The Hall–Kier alpha value is -1.09. The maximum Gasteiger partial charge on any atom is 0.109 e. The van der Waals surface area contributed by atoms with E-state index < -0.39 is 0 Å². The van der Waals surface area contributed by atoms with Crippen LogP contribution in [0.2, 0.25) is 0 Å². The molecule has 0 bridgehead atoms. The summed E-state index contributed by atoms with van der Waals surface area (Å²) in [5.74, 6) is 0. The van der Waals surface area contributed by atoms with Gasteiger partial charge in [-0.25, -0.2) is 4.68 Å². The second-order valence-corrected chi connectivity index (χ2v) is 4.17. The lowest BCUT2D eigenvalue weighted by molar-refractivity contribution is 0.852. The van der Waals surface area contributed by atoms with Gasteiger partial charge in [-0.3, -0.25) is 0 Å². The Balaban J connectivity index is 2.62. The molecule has 0 fully saturated rings. The molecule has 0 amide bonds. The number of nitrogens with zero attached hydrogens (tertiary/aromatic N) is 2. The molecule has 14 heavy (non-hydrogen) atoms. The van der Waals surface area contributed by atoms with E-state index in [-0.39, 0.29) is 0 Å². The fraction of sp³-hybridized carbons (Fsp3) is 0.182. The zero-order valence-corrected chi connectivity index (χ0v) is 9.75. The average molecular weight is 251 g/mol. The van der Waals surface area contributed by atoms with Crippen molar-refractivity contribution in [2.45, 2.75) is 13.8 Å². The summed E-state index contributed by atoms with van der Waals surface area (Å²) in [5.41, 5.74) is 3.59.